The molecular formula is C43H51N5O3S. The van der Waals surface area contributed by atoms with Crippen molar-refractivity contribution in [1.82, 2.24) is 20.5 Å². The summed E-state index contributed by atoms with van der Waals surface area (Å²) in [6.07, 6.45) is 14.7. The van der Waals surface area contributed by atoms with Gasteiger partial charge < -0.3 is 25.2 Å². The van der Waals surface area contributed by atoms with Crippen LogP contribution in [-0.2, 0) is 11.3 Å². The standard InChI is InChI=1S/C43H51N5O3S/c1-3-27-51-37-21-20-35-28-48(40(49)39(35)30(37)2)29-43(41(50)45-42(52)46-43)24-22-33-16-18-34(19-17-33)36-12-7-13-38(44-36)47-25-8-11-32(23-26-47)15-14-31-9-5-4-6-10-31/h7,12-13,16-21,31-32H,3-6,8-11,14-15,23,25-29H2,1-2H3,(H2,45,46,50,52). The Bertz CT molecular complexity index is 1860. The van der Waals surface area contributed by atoms with Gasteiger partial charge in [-0.1, -0.05) is 88.0 Å². The van der Waals surface area contributed by atoms with Gasteiger partial charge in [-0.15, -0.1) is 0 Å². The molecule has 3 aliphatic heterocycles. The van der Waals surface area contributed by atoms with Crippen LogP contribution in [0.15, 0.2) is 54.6 Å². The van der Waals surface area contributed by atoms with Gasteiger partial charge in [-0.2, -0.15) is 0 Å². The Morgan fingerprint density at radius 2 is 1.71 bits per heavy atom. The minimum atomic E-state index is -1.37. The van der Waals surface area contributed by atoms with E-state index in [1.54, 1.807) is 4.90 Å². The molecule has 272 valence electrons. The highest BCUT2D eigenvalue weighted by molar-refractivity contribution is 7.80. The number of fused-ring (bicyclic) bond motifs is 1. The van der Waals surface area contributed by atoms with Crippen LogP contribution in [0.25, 0.3) is 11.3 Å². The van der Waals surface area contributed by atoms with Gasteiger partial charge in [-0.05, 0) is 92.6 Å². The molecule has 1 aromatic heterocycles. The molecular weight excluding hydrogens is 667 g/mol. The van der Waals surface area contributed by atoms with E-state index >= 15 is 0 Å². The van der Waals surface area contributed by atoms with Crippen molar-refractivity contribution in [2.45, 2.75) is 96.6 Å². The van der Waals surface area contributed by atoms with Gasteiger partial charge in [-0.3, -0.25) is 9.59 Å². The fourth-order valence-electron chi connectivity index (χ4n) is 8.42. The maximum Gasteiger partial charge on any atom is 0.266 e. The molecule has 2 unspecified atom stereocenters. The van der Waals surface area contributed by atoms with Crippen LogP contribution in [0.5, 0.6) is 5.75 Å². The van der Waals surface area contributed by atoms with Gasteiger partial charge in [0.05, 0.1) is 24.4 Å². The Labute approximate surface area is 314 Å². The lowest BCUT2D eigenvalue weighted by atomic mass is 9.83. The van der Waals surface area contributed by atoms with E-state index in [9.17, 15) is 9.59 Å². The molecule has 2 amide bonds. The molecule has 3 fully saturated rings. The Morgan fingerprint density at radius 3 is 2.46 bits per heavy atom. The zero-order valence-corrected chi connectivity index (χ0v) is 31.5. The van der Waals surface area contributed by atoms with Gasteiger partial charge in [0.2, 0.25) is 0 Å². The molecule has 9 heteroatoms. The summed E-state index contributed by atoms with van der Waals surface area (Å²) in [4.78, 5) is 36.2. The summed E-state index contributed by atoms with van der Waals surface area (Å²) in [5.74, 6) is 9.41. The minimum absolute atomic E-state index is 0.0522. The molecule has 1 aliphatic carbocycles. The zero-order chi connectivity index (χ0) is 36.1. The van der Waals surface area contributed by atoms with Gasteiger partial charge in [0.25, 0.3) is 11.8 Å². The molecule has 0 radical (unpaired) electrons. The first kappa shape index (κ1) is 36.0. The quantitative estimate of drug-likeness (QED) is 0.165. The smallest absolute Gasteiger partial charge is 0.266 e. The van der Waals surface area contributed by atoms with Gasteiger partial charge >= 0.3 is 0 Å². The molecule has 4 heterocycles. The third kappa shape index (κ3) is 7.97. The number of hydrogen-bond donors (Lipinski definition) is 2. The summed E-state index contributed by atoms with van der Waals surface area (Å²) in [6.45, 7) is 7.10. The maximum atomic E-state index is 13.7. The van der Waals surface area contributed by atoms with E-state index < -0.39 is 5.54 Å². The van der Waals surface area contributed by atoms with E-state index in [-0.39, 0.29) is 23.5 Å². The summed E-state index contributed by atoms with van der Waals surface area (Å²) in [5, 5.41) is 5.98. The van der Waals surface area contributed by atoms with Gasteiger partial charge in [0.1, 0.15) is 11.6 Å². The highest BCUT2D eigenvalue weighted by Gasteiger charge is 2.47. The number of nitrogens with one attached hydrogen (secondary N) is 2. The summed E-state index contributed by atoms with van der Waals surface area (Å²) in [7, 11) is 0. The normalized spacial score (nSPS) is 22.0. The average molecular weight is 718 g/mol. The third-order valence-electron chi connectivity index (χ3n) is 11.4. The number of carbonyl (C=O) groups is 2. The van der Waals surface area contributed by atoms with Crippen molar-refractivity contribution in [3.05, 3.63) is 76.9 Å². The predicted molar refractivity (Wildman–Crippen MR) is 210 cm³/mol. The molecule has 1 saturated carbocycles. The first-order valence-corrected chi connectivity index (χ1v) is 19.8. The minimum Gasteiger partial charge on any atom is -0.493 e. The van der Waals surface area contributed by atoms with E-state index in [1.807, 2.05) is 50.2 Å². The van der Waals surface area contributed by atoms with Crippen LogP contribution >= 0.6 is 12.2 Å². The number of aromatic nitrogens is 1. The summed E-state index contributed by atoms with van der Waals surface area (Å²) >= 11 is 5.33. The second-order valence-electron chi connectivity index (χ2n) is 15.1. The van der Waals surface area contributed by atoms with Gasteiger partial charge in [-0.25, -0.2) is 4.98 Å². The van der Waals surface area contributed by atoms with Crippen molar-refractivity contribution < 1.29 is 14.3 Å². The van der Waals surface area contributed by atoms with Gasteiger partial charge in [0.15, 0.2) is 10.7 Å². The number of nitrogens with zero attached hydrogens (tertiary/aromatic N) is 3. The molecule has 7 rings (SSSR count). The SMILES string of the molecule is CCCOc1ccc2c(c1C)C(=O)N(CC1(C#Cc3ccc(-c4cccc(N5CCCC(CCC6CCCCC6)CC5)n4)cc3)NC(=S)NC1=O)C2. The Hall–Kier alpha value is -4.42. The third-order valence-corrected chi connectivity index (χ3v) is 11.6. The molecule has 3 aromatic rings. The van der Waals surface area contributed by atoms with E-state index in [0.29, 0.717) is 24.5 Å². The van der Waals surface area contributed by atoms with Crippen molar-refractivity contribution >= 4 is 35.0 Å². The second kappa shape index (κ2) is 16.1. The lowest BCUT2D eigenvalue weighted by Gasteiger charge is -2.26. The Morgan fingerprint density at radius 1 is 0.942 bits per heavy atom. The molecule has 2 saturated heterocycles. The number of rotatable bonds is 10. The van der Waals surface area contributed by atoms with Crippen molar-refractivity contribution in [2.24, 2.45) is 11.8 Å². The molecule has 2 atom stereocenters. The number of hydrogen-bond acceptors (Lipinski definition) is 6. The second-order valence-corrected chi connectivity index (χ2v) is 15.5. The van der Waals surface area contributed by atoms with Gasteiger partial charge in [0, 0.05) is 36.3 Å². The maximum absolute atomic E-state index is 13.7. The fourth-order valence-corrected chi connectivity index (χ4v) is 8.69. The van der Waals surface area contributed by atoms with E-state index in [4.69, 9.17) is 21.9 Å². The average Bonchev–Trinajstić information content (AvgIpc) is 3.50. The van der Waals surface area contributed by atoms with E-state index in [2.05, 4.69) is 45.6 Å². The summed E-state index contributed by atoms with van der Waals surface area (Å²) in [6, 6.07) is 18.1. The van der Waals surface area contributed by atoms with Crippen LogP contribution < -0.4 is 20.3 Å². The molecule has 52 heavy (non-hydrogen) atoms. The largest absolute Gasteiger partial charge is 0.493 e. The van der Waals surface area contributed by atoms with Crippen molar-refractivity contribution in [3.63, 3.8) is 0 Å². The number of anilines is 1. The van der Waals surface area contributed by atoms with E-state index in [1.165, 1.54) is 64.2 Å². The van der Waals surface area contributed by atoms with Crippen LogP contribution in [0, 0.1) is 30.6 Å². The van der Waals surface area contributed by atoms with Crippen LogP contribution in [0.1, 0.15) is 105 Å². The van der Waals surface area contributed by atoms with Crippen molar-refractivity contribution in [1.29, 1.82) is 0 Å². The molecule has 0 bridgehead atoms. The highest BCUT2D eigenvalue weighted by atomic mass is 32.1. The zero-order valence-electron chi connectivity index (χ0n) is 30.6. The molecule has 4 aliphatic rings. The predicted octanol–water partition coefficient (Wildman–Crippen LogP) is 7.56. The number of ether oxygens (including phenoxy) is 1. The topological polar surface area (TPSA) is 86.8 Å². The fraction of sp³-hybridized carbons (Fsp3) is 0.488. The Kier molecular flexibility index (Phi) is 11.1. The first-order chi connectivity index (χ1) is 25.3. The molecule has 2 N–H and O–H groups in total. The van der Waals surface area contributed by atoms with Crippen LogP contribution in [0.2, 0.25) is 0 Å². The number of pyridine rings is 1. The molecule has 0 spiro atoms. The van der Waals surface area contributed by atoms with Crippen molar-refractivity contribution in [2.75, 3.05) is 31.1 Å². The van der Waals surface area contributed by atoms with Crippen LogP contribution in [0.4, 0.5) is 5.82 Å². The molecule has 2 aromatic carbocycles. The lowest BCUT2D eigenvalue weighted by molar-refractivity contribution is -0.122. The lowest BCUT2D eigenvalue weighted by Crippen LogP contribution is -2.54. The van der Waals surface area contributed by atoms with Crippen molar-refractivity contribution in [3.8, 4) is 28.8 Å². The number of benzene rings is 2. The number of amides is 2. The number of carbonyl (C=O) groups excluding carboxylic acids is 2. The Balaban J connectivity index is 1.02. The highest BCUT2D eigenvalue weighted by Crippen LogP contribution is 2.34. The van der Waals surface area contributed by atoms with Crippen LogP contribution in [-0.4, -0.2) is 58.6 Å². The monoisotopic (exact) mass is 717 g/mol. The number of thiocarbonyl (C=S) groups is 1. The first-order valence-electron chi connectivity index (χ1n) is 19.4. The summed E-state index contributed by atoms with van der Waals surface area (Å²) < 4.78 is 5.88. The van der Waals surface area contributed by atoms with Crippen LogP contribution in [0.3, 0.4) is 0 Å². The van der Waals surface area contributed by atoms with E-state index in [0.717, 1.165) is 65.1 Å². The summed E-state index contributed by atoms with van der Waals surface area (Å²) in [5.41, 5.74) is 3.68. The molecule has 8 nitrogen and oxygen atoms in total.